The van der Waals surface area contributed by atoms with Crippen molar-refractivity contribution in [2.75, 3.05) is 0 Å². The maximum atomic E-state index is 11.7. The third-order valence-corrected chi connectivity index (χ3v) is 2.21. The molecule has 88 valence electrons. The van der Waals surface area contributed by atoms with Gasteiger partial charge in [-0.3, -0.25) is 10.2 Å². The molecule has 1 N–H and O–H groups in total. The minimum Gasteiger partial charge on any atom is -0.285 e. The minimum atomic E-state index is -0.000694. The average Bonchev–Trinajstić information content (AvgIpc) is 2.12. The van der Waals surface area contributed by atoms with Gasteiger partial charge in [0.1, 0.15) is 0 Å². The Hall–Kier alpha value is -0.830. The van der Waals surface area contributed by atoms with Crippen molar-refractivity contribution in [3.05, 3.63) is 11.6 Å². The lowest BCUT2D eigenvalue weighted by Crippen LogP contribution is -2.50. The molecule has 0 rings (SSSR count). The van der Waals surface area contributed by atoms with Crippen molar-refractivity contribution < 1.29 is 4.79 Å². The molecule has 0 saturated carbocycles. The molecule has 0 spiro atoms. The Balaban J connectivity index is 4.42. The quantitative estimate of drug-likeness (QED) is 0.561. The van der Waals surface area contributed by atoms with E-state index in [1.165, 1.54) is 0 Å². The molecule has 15 heavy (non-hydrogen) atoms. The SMILES string of the molecule is CCC=C(C)C(=O)NN(C(C)C)C(C)C. The first-order chi connectivity index (χ1) is 6.90. The van der Waals surface area contributed by atoms with Gasteiger partial charge >= 0.3 is 0 Å². The van der Waals surface area contributed by atoms with Gasteiger partial charge < -0.3 is 0 Å². The summed E-state index contributed by atoms with van der Waals surface area (Å²) in [7, 11) is 0. The first-order valence-electron chi connectivity index (χ1n) is 5.66. The summed E-state index contributed by atoms with van der Waals surface area (Å²) < 4.78 is 0. The molecule has 0 heterocycles. The van der Waals surface area contributed by atoms with Crippen LogP contribution >= 0.6 is 0 Å². The van der Waals surface area contributed by atoms with E-state index in [0.29, 0.717) is 12.1 Å². The van der Waals surface area contributed by atoms with E-state index in [-0.39, 0.29) is 5.91 Å². The fourth-order valence-corrected chi connectivity index (χ4v) is 1.46. The highest BCUT2D eigenvalue weighted by Gasteiger charge is 2.16. The second-order valence-electron chi connectivity index (χ2n) is 4.33. The Bertz CT molecular complexity index is 224. The molecule has 1 amide bonds. The zero-order chi connectivity index (χ0) is 12.0. The fraction of sp³-hybridized carbons (Fsp3) is 0.750. The van der Waals surface area contributed by atoms with Gasteiger partial charge in [0, 0.05) is 17.7 Å². The molecule has 3 nitrogen and oxygen atoms in total. The van der Waals surface area contributed by atoms with Crippen LogP contribution in [-0.2, 0) is 4.79 Å². The predicted molar refractivity (Wildman–Crippen MR) is 64.3 cm³/mol. The number of carbonyl (C=O) groups is 1. The Kier molecular flexibility index (Phi) is 6.25. The number of nitrogens with zero attached hydrogens (tertiary/aromatic N) is 1. The third-order valence-electron chi connectivity index (χ3n) is 2.21. The van der Waals surface area contributed by atoms with Crippen LogP contribution in [0.5, 0.6) is 0 Å². The molecule has 0 atom stereocenters. The number of hydrazine groups is 1. The Morgan fingerprint density at radius 1 is 1.27 bits per heavy atom. The summed E-state index contributed by atoms with van der Waals surface area (Å²) in [4.78, 5) is 11.7. The number of rotatable bonds is 5. The molecule has 0 unspecified atom stereocenters. The average molecular weight is 212 g/mol. The largest absolute Gasteiger partial charge is 0.285 e. The van der Waals surface area contributed by atoms with Gasteiger partial charge in [0.2, 0.25) is 0 Å². The summed E-state index contributed by atoms with van der Waals surface area (Å²) in [5.74, 6) is -0.000694. The number of hydrogen-bond acceptors (Lipinski definition) is 2. The molecule has 0 aliphatic heterocycles. The van der Waals surface area contributed by atoms with Gasteiger partial charge in [0.05, 0.1) is 0 Å². The molecular weight excluding hydrogens is 188 g/mol. The third kappa shape index (κ3) is 4.98. The Morgan fingerprint density at radius 2 is 1.73 bits per heavy atom. The molecular formula is C12H24N2O. The standard InChI is InChI=1S/C12H24N2O/c1-7-8-11(6)12(15)13-14(9(2)3)10(4)5/h8-10H,7H2,1-6H3,(H,13,15). The van der Waals surface area contributed by atoms with E-state index in [9.17, 15) is 4.79 Å². The molecule has 3 heteroatoms. The van der Waals surface area contributed by atoms with Crippen molar-refractivity contribution in [1.82, 2.24) is 10.4 Å². The molecule has 0 radical (unpaired) electrons. The van der Waals surface area contributed by atoms with E-state index in [4.69, 9.17) is 0 Å². The predicted octanol–water partition coefficient (Wildman–Crippen LogP) is 2.49. The van der Waals surface area contributed by atoms with Crippen LogP contribution in [0.25, 0.3) is 0 Å². The number of nitrogens with one attached hydrogen (secondary N) is 1. The molecule has 0 bridgehead atoms. The summed E-state index contributed by atoms with van der Waals surface area (Å²) in [6.45, 7) is 12.1. The van der Waals surface area contributed by atoms with Gasteiger partial charge in [-0.05, 0) is 41.0 Å². The van der Waals surface area contributed by atoms with Gasteiger partial charge in [-0.1, -0.05) is 13.0 Å². The smallest absolute Gasteiger partial charge is 0.260 e. The van der Waals surface area contributed by atoms with Crippen molar-refractivity contribution in [2.24, 2.45) is 0 Å². The van der Waals surface area contributed by atoms with E-state index in [0.717, 1.165) is 12.0 Å². The van der Waals surface area contributed by atoms with Crippen LogP contribution in [0.1, 0.15) is 48.0 Å². The van der Waals surface area contributed by atoms with Crippen molar-refractivity contribution >= 4 is 5.91 Å². The van der Waals surface area contributed by atoms with Crippen LogP contribution in [0.15, 0.2) is 11.6 Å². The van der Waals surface area contributed by atoms with Crippen molar-refractivity contribution in [3.8, 4) is 0 Å². The normalized spacial score (nSPS) is 12.7. The van der Waals surface area contributed by atoms with Crippen LogP contribution in [0, 0.1) is 0 Å². The van der Waals surface area contributed by atoms with Gasteiger partial charge in [0.25, 0.3) is 5.91 Å². The van der Waals surface area contributed by atoms with Gasteiger partial charge in [-0.2, -0.15) is 0 Å². The number of amides is 1. The van der Waals surface area contributed by atoms with Crippen molar-refractivity contribution in [3.63, 3.8) is 0 Å². The summed E-state index contributed by atoms with van der Waals surface area (Å²) in [6.07, 6.45) is 2.83. The topological polar surface area (TPSA) is 32.3 Å². The van der Waals surface area contributed by atoms with E-state index in [1.807, 2.05) is 24.9 Å². The molecule has 0 saturated heterocycles. The van der Waals surface area contributed by atoms with E-state index >= 15 is 0 Å². The van der Waals surface area contributed by atoms with Gasteiger partial charge in [-0.25, -0.2) is 5.01 Å². The van der Waals surface area contributed by atoms with Gasteiger partial charge in [0.15, 0.2) is 0 Å². The second kappa shape index (κ2) is 6.62. The van der Waals surface area contributed by atoms with E-state index in [2.05, 4.69) is 33.1 Å². The maximum absolute atomic E-state index is 11.7. The molecule has 0 aromatic heterocycles. The Labute approximate surface area is 93.5 Å². The van der Waals surface area contributed by atoms with Crippen LogP contribution < -0.4 is 5.43 Å². The molecule has 0 aromatic carbocycles. The molecule has 0 aromatic rings. The van der Waals surface area contributed by atoms with Crippen LogP contribution in [0.4, 0.5) is 0 Å². The summed E-state index contributed by atoms with van der Waals surface area (Å²) in [5.41, 5.74) is 3.71. The first-order valence-corrected chi connectivity index (χ1v) is 5.66. The lowest BCUT2D eigenvalue weighted by atomic mass is 10.2. The van der Waals surface area contributed by atoms with E-state index in [1.54, 1.807) is 0 Å². The number of carbonyl (C=O) groups excluding carboxylic acids is 1. The lowest BCUT2D eigenvalue weighted by Gasteiger charge is -2.30. The summed E-state index contributed by atoms with van der Waals surface area (Å²) in [6, 6.07) is 0.617. The lowest BCUT2D eigenvalue weighted by molar-refractivity contribution is -0.124. The highest BCUT2D eigenvalue weighted by atomic mass is 16.2. The highest BCUT2D eigenvalue weighted by molar-refractivity contribution is 5.92. The zero-order valence-electron chi connectivity index (χ0n) is 10.8. The Morgan fingerprint density at radius 3 is 2.07 bits per heavy atom. The second-order valence-corrected chi connectivity index (χ2v) is 4.33. The van der Waals surface area contributed by atoms with Gasteiger partial charge in [-0.15, -0.1) is 0 Å². The fourth-order valence-electron chi connectivity index (χ4n) is 1.46. The van der Waals surface area contributed by atoms with Crippen molar-refractivity contribution in [2.45, 2.75) is 60.0 Å². The van der Waals surface area contributed by atoms with Crippen LogP contribution in [0.3, 0.4) is 0 Å². The molecule has 0 aliphatic rings. The van der Waals surface area contributed by atoms with Crippen LogP contribution in [-0.4, -0.2) is 23.0 Å². The molecule has 0 aliphatic carbocycles. The maximum Gasteiger partial charge on any atom is 0.260 e. The molecule has 0 fully saturated rings. The van der Waals surface area contributed by atoms with Crippen LogP contribution in [0.2, 0.25) is 0 Å². The minimum absolute atomic E-state index is 0.000694. The first kappa shape index (κ1) is 14.2. The number of allylic oxidation sites excluding steroid dienone is 1. The summed E-state index contributed by atoms with van der Waals surface area (Å²) >= 11 is 0. The van der Waals surface area contributed by atoms with Crippen molar-refractivity contribution in [1.29, 1.82) is 0 Å². The zero-order valence-corrected chi connectivity index (χ0v) is 10.8. The number of hydrogen-bond donors (Lipinski definition) is 1. The highest BCUT2D eigenvalue weighted by Crippen LogP contribution is 2.03. The summed E-state index contributed by atoms with van der Waals surface area (Å²) in [5, 5.41) is 1.97. The monoisotopic (exact) mass is 212 g/mol. The van der Waals surface area contributed by atoms with E-state index < -0.39 is 0 Å².